The zero-order valence-electron chi connectivity index (χ0n) is 13.1. The van der Waals surface area contributed by atoms with Gasteiger partial charge in [0.1, 0.15) is 12.1 Å². The molecule has 3 aromatic rings. The van der Waals surface area contributed by atoms with Crippen molar-refractivity contribution in [2.45, 2.75) is 19.4 Å². The predicted molar refractivity (Wildman–Crippen MR) is 90.4 cm³/mol. The van der Waals surface area contributed by atoms with E-state index in [1.54, 1.807) is 12.5 Å². The first-order valence-electron chi connectivity index (χ1n) is 7.64. The van der Waals surface area contributed by atoms with E-state index < -0.39 is 0 Å². The fourth-order valence-corrected chi connectivity index (χ4v) is 2.53. The summed E-state index contributed by atoms with van der Waals surface area (Å²) in [6.07, 6.45) is 6.03. The quantitative estimate of drug-likeness (QED) is 0.730. The molecule has 1 atom stereocenters. The molecule has 6 heteroatoms. The van der Waals surface area contributed by atoms with Crippen LogP contribution in [0.15, 0.2) is 55.1 Å². The second kappa shape index (κ2) is 7.02. The third kappa shape index (κ3) is 3.54. The van der Waals surface area contributed by atoms with Crippen LogP contribution in [0.2, 0.25) is 0 Å². The number of para-hydroxylation sites is 1. The maximum absolute atomic E-state index is 5.59. The van der Waals surface area contributed by atoms with Gasteiger partial charge in [-0.1, -0.05) is 18.2 Å². The number of nitrogens with one attached hydrogen (secondary N) is 1. The third-order valence-corrected chi connectivity index (χ3v) is 3.64. The number of nitrogens with two attached hydrogens (primary N) is 1. The van der Waals surface area contributed by atoms with Gasteiger partial charge in [0.25, 0.3) is 0 Å². The van der Waals surface area contributed by atoms with Crippen molar-refractivity contribution >= 4 is 5.82 Å². The molecule has 23 heavy (non-hydrogen) atoms. The number of hydrogen-bond donors (Lipinski definition) is 2. The van der Waals surface area contributed by atoms with E-state index in [1.807, 2.05) is 35.1 Å². The molecule has 2 aromatic heterocycles. The summed E-state index contributed by atoms with van der Waals surface area (Å²) in [5.41, 5.74) is 8.73. The van der Waals surface area contributed by atoms with Crippen molar-refractivity contribution in [2.24, 2.45) is 5.73 Å². The van der Waals surface area contributed by atoms with Crippen LogP contribution in [0, 0.1) is 0 Å². The van der Waals surface area contributed by atoms with E-state index in [4.69, 9.17) is 5.73 Å². The van der Waals surface area contributed by atoms with Gasteiger partial charge in [0.15, 0.2) is 0 Å². The molecule has 0 fully saturated rings. The molecule has 6 nitrogen and oxygen atoms in total. The summed E-state index contributed by atoms with van der Waals surface area (Å²) >= 11 is 0. The summed E-state index contributed by atoms with van der Waals surface area (Å²) in [4.78, 5) is 8.52. The highest BCUT2D eigenvalue weighted by atomic mass is 15.3. The molecule has 0 radical (unpaired) electrons. The molecule has 0 aliphatic heterocycles. The van der Waals surface area contributed by atoms with Crippen LogP contribution in [0.4, 0.5) is 5.82 Å². The molecule has 1 aromatic carbocycles. The standard InChI is InChI=1S/C17H20N6/c1-13(22-17-11-14(7-8-18)19-12-20-17)15-5-2-3-6-16(15)23-10-4-9-21-23/h2-6,9-13H,7-8,18H2,1H3,(H,19,20,22)/t13-/m1/s1. The van der Waals surface area contributed by atoms with Gasteiger partial charge in [-0.25, -0.2) is 14.6 Å². The Kier molecular flexibility index (Phi) is 4.63. The number of aromatic nitrogens is 4. The Morgan fingerprint density at radius 2 is 2.09 bits per heavy atom. The van der Waals surface area contributed by atoms with Crippen LogP contribution in [0.25, 0.3) is 5.69 Å². The van der Waals surface area contributed by atoms with Gasteiger partial charge < -0.3 is 11.1 Å². The average molecular weight is 308 g/mol. The summed E-state index contributed by atoms with van der Waals surface area (Å²) in [7, 11) is 0. The first kappa shape index (κ1) is 15.2. The minimum atomic E-state index is 0.0797. The third-order valence-electron chi connectivity index (χ3n) is 3.64. The highest BCUT2D eigenvalue weighted by molar-refractivity contribution is 5.46. The van der Waals surface area contributed by atoms with Crippen LogP contribution in [0.1, 0.15) is 24.2 Å². The Labute approximate surface area is 135 Å². The minimum absolute atomic E-state index is 0.0797. The van der Waals surface area contributed by atoms with E-state index in [2.05, 4.69) is 39.4 Å². The zero-order chi connectivity index (χ0) is 16.1. The molecule has 0 bridgehead atoms. The molecule has 0 aliphatic rings. The lowest BCUT2D eigenvalue weighted by atomic mass is 10.1. The van der Waals surface area contributed by atoms with Crippen molar-refractivity contribution in [3.63, 3.8) is 0 Å². The van der Waals surface area contributed by atoms with Crippen LogP contribution in [0.5, 0.6) is 0 Å². The van der Waals surface area contributed by atoms with Crippen LogP contribution >= 0.6 is 0 Å². The highest BCUT2D eigenvalue weighted by Crippen LogP contribution is 2.24. The summed E-state index contributed by atoms with van der Waals surface area (Å²) in [5, 5.41) is 7.75. The summed E-state index contributed by atoms with van der Waals surface area (Å²) < 4.78 is 1.87. The van der Waals surface area contributed by atoms with Gasteiger partial charge in [-0.05, 0) is 31.2 Å². The van der Waals surface area contributed by atoms with Crippen molar-refractivity contribution in [2.75, 3.05) is 11.9 Å². The zero-order valence-corrected chi connectivity index (χ0v) is 13.1. The van der Waals surface area contributed by atoms with E-state index >= 15 is 0 Å². The number of hydrogen-bond acceptors (Lipinski definition) is 5. The molecular weight excluding hydrogens is 288 g/mol. The summed E-state index contributed by atoms with van der Waals surface area (Å²) in [6, 6.07) is 12.1. The van der Waals surface area contributed by atoms with Gasteiger partial charge in [-0.3, -0.25) is 0 Å². The van der Waals surface area contributed by atoms with E-state index in [0.717, 1.165) is 29.2 Å². The van der Waals surface area contributed by atoms with Crippen molar-refractivity contribution < 1.29 is 0 Å². The summed E-state index contributed by atoms with van der Waals surface area (Å²) in [5.74, 6) is 0.797. The molecule has 118 valence electrons. The number of nitrogens with zero attached hydrogens (tertiary/aromatic N) is 4. The smallest absolute Gasteiger partial charge is 0.130 e. The van der Waals surface area contributed by atoms with E-state index in [9.17, 15) is 0 Å². The minimum Gasteiger partial charge on any atom is -0.363 e. The molecule has 0 saturated carbocycles. The first-order valence-corrected chi connectivity index (χ1v) is 7.64. The Bertz CT molecular complexity index is 753. The molecule has 0 amide bonds. The van der Waals surface area contributed by atoms with Crippen molar-refractivity contribution in [1.29, 1.82) is 0 Å². The molecule has 0 saturated heterocycles. The Balaban J connectivity index is 1.84. The van der Waals surface area contributed by atoms with Gasteiger partial charge in [0.05, 0.1) is 11.7 Å². The van der Waals surface area contributed by atoms with Crippen molar-refractivity contribution in [3.05, 3.63) is 66.4 Å². The Morgan fingerprint density at radius 3 is 2.87 bits per heavy atom. The van der Waals surface area contributed by atoms with Crippen LogP contribution < -0.4 is 11.1 Å². The number of rotatable bonds is 6. The normalized spacial score (nSPS) is 12.1. The van der Waals surface area contributed by atoms with Gasteiger partial charge >= 0.3 is 0 Å². The SMILES string of the molecule is C[C@@H](Nc1cc(CCN)ncn1)c1ccccc1-n1cccn1. The van der Waals surface area contributed by atoms with E-state index in [1.165, 1.54) is 0 Å². The second-order valence-electron chi connectivity index (χ2n) is 5.31. The highest BCUT2D eigenvalue weighted by Gasteiger charge is 2.12. The largest absolute Gasteiger partial charge is 0.363 e. The second-order valence-corrected chi connectivity index (χ2v) is 5.31. The predicted octanol–water partition coefficient (Wildman–Crippen LogP) is 2.34. The van der Waals surface area contributed by atoms with E-state index in [-0.39, 0.29) is 6.04 Å². The molecule has 0 spiro atoms. The van der Waals surface area contributed by atoms with Gasteiger partial charge in [-0.15, -0.1) is 0 Å². The lowest BCUT2D eigenvalue weighted by Gasteiger charge is -2.18. The van der Waals surface area contributed by atoms with Crippen LogP contribution in [0.3, 0.4) is 0 Å². The number of anilines is 1. The Morgan fingerprint density at radius 1 is 1.22 bits per heavy atom. The fourth-order valence-electron chi connectivity index (χ4n) is 2.53. The first-order chi connectivity index (χ1) is 11.3. The molecule has 0 aliphatic carbocycles. The topological polar surface area (TPSA) is 81.6 Å². The monoisotopic (exact) mass is 308 g/mol. The van der Waals surface area contributed by atoms with Gasteiger partial charge in [-0.2, -0.15) is 5.10 Å². The van der Waals surface area contributed by atoms with Crippen molar-refractivity contribution in [3.8, 4) is 5.69 Å². The Hall–Kier alpha value is -2.73. The molecule has 3 N–H and O–H groups in total. The summed E-state index contributed by atoms with van der Waals surface area (Å²) in [6.45, 7) is 2.68. The fraction of sp³-hybridized carbons (Fsp3) is 0.235. The maximum Gasteiger partial charge on any atom is 0.130 e. The van der Waals surface area contributed by atoms with Crippen LogP contribution in [-0.4, -0.2) is 26.3 Å². The number of benzene rings is 1. The van der Waals surface area contributed by atoms with Gasteiger partial charge in [0, 0.05) is 30.6 Å². The van der Waals surface area contributed by atoms with E-state index in [0.29, 0.717) is 6.54 Å². The maximum atomic E-state index is 5.59. The average Bonchev–Trinajstić information content (AvgIpc) is 3.10. The molecule has 2 heterocycles. The van der Waals surface area contributed by atoms with Crippen LogP contribution in [-0.2, 0) is 6.42 Å². The van der Waals surface area contributed by atoms with Crippen molar-refractivity contribution in [1.82, 2.24) is 19.7 Å². The molecular formula is C17H20N6. The van der Waals surface area contributed by atoms with Gasteiger partial charge in [0.2, 0.25) is 0 Å². The lowest BCUT2D eigenvalue weighted by molar-refractivity contribution is 0.811. The lowest BCUT2D eigenvalue weighted by Crippen LogP contribution is -2.12. The molecule has 3 rings (SSSR count). The molecule has 0 unspecified atom stereocenters.